The first-order valence-electron chi connectivity index (χ1n) is 3.38. The molecule has 72 valence electrons. The molecule has 0 radical (unpaired) electrons. The summed E-state index contributed by atoms with van der Waals surface area (Å²) in [6.45, 7) is -1.10. The van der Waals surface area contributed by atoms with Crippen LogP contribution in [0.5, 0.6) is 0 Å². The van der Waals surface area contributed by atoms with Crippen molar-refractivity contribution in [2.45, 2.75) is 13.1 Å². The number of hydrogen-bond acceptors (Lipinski definition) is 0. The Morgan fingerprint density at radius 3 is 2.23 bits per heavy atom. The number of alkyl halides is 3. The van der Waals surface area contributed by atoms with E-state index in [4.69, 9.17) is 0 Å². The Kier molecular flexibility index (Phi) is 2.85. The van der Waals surface area contributed by atoms with Gasteiger partial charge < -0.3 is 0 Å². The number of halogens is 5. The second-order valence-corrected chi connectivity index (χ2v) is 2.42. The van der Waals surface area contributed by atoms with Crippen molar-refractivity contribution in [2.75, 3.05) is 0 Å². The van der Waals surface area contributed by atoms with Gasteiger partial charge in [0.2, 0.25) is 0 Å². The maximum absolute atomic E-state index is 12.6. The van der Waals surface area contributed by atoms with Gasteiger partial charge in [-0.25, -0.2) is 22.0 Å². The van der Waals surface area contributed by atoms with Crippen LogP contribution in [-0.4, -0.2) is 0 Å². The second-order valence-electron chi connectivity index (χ2n) is 2.42. The summed E-state index contributed by atoms with van der Waals surface area (Å²) in [4.78, 5) is 0. The van der Waals surface area contributed by atoms with Crippen molar-refractivity contribution in [3.8, 4) is 0 Å². The van der Waals surface area contributed by atoms with Gasteiger partial charge in [-0.1, -0.05) is 0 Å². The van der Waals surface area contributed by atoms with Crippen LogP contribution in [0.25, 0.3) is 0 Å². The molecule has 0 saturated carbocycles. The van der Waals surface area contributed by atoms with Crippen LogP contribution < -0.4 is 0 Å². The van der Waals surface area contributed by atoms with Gasteiger partial charge in [-0.05, 0) is 17.7 Å². The van der Waals surface area contributed by atoms with Gasteiger partial charge in [-0.15, -0.1) is 0 Å². The zero-order valence-electron chi connectivity index (χ0n) is 6.33. The van der Waals surface area contributed by atoms with Crippen molar-refractivity contribution < 1.29 is 22.0 Å². The van der Waals surface area contributed by atoms with Crippen molar-refractivity contribution in [1.29, 1.82) is 0 Å². The summed E-state index contributed by atoms with van der Waals surface area (Å²) in [6, 6.07) is 1.17. The van der Waals surface area contributed by atoms with Gasteiger partial charge in [0.25, 0.3) is 6.43 Å². The SMILES string of the molecule is FCc1cc(F)c(F)c(C(F)F)c1. The lowest BCUT2D eigenvalue weighted by atomic mass is 10.1. The van der Waals surface area contributed by atoms with E-state index in [1.54, 1.807) is 0 Å². The molecule has 0 aliphatic carbocycles. The highest BCUT2D eigenvalue weighted by Crippen LogP contribution is 2.25. The lowest BCUT2D eigenvalue weighted by Gasteiger charge is -2.04. The molecular weight excluding hydrogens is 191 g/mol. The summed E-state index contributed by atoms with van der Waals surface area (Å²) in [7, 11) is 0. The van der Waals surface area contributed by atoms with Crippen molar-refractivity contribution in [3.63, 3.8) is 0 Å². The number of benzene rings is 1. The predicted octanol–water partition coefficient (Wildman–Crippen LogP) is 3.37. The van der Waals surface area contributed by atoms with Crippen LogP contribution in [0.3, 0.4) is 0 Å². The van der Waals surface area contributed by atoms with E-state index in [0.717, 1.165) is 0 Å². The molecule has 1 aromatic rings. The minimum absolute atomic E-state index is 0.297. The van der Waals surface area contributed by atoms with Crippen LogP contribution in [0, 0.1) is 11.6 Å². The first kappa shape index (κ1) is 9.95. The Hall–Kier alpha value is -1.13. The highest BCUT2D eigenvalue weighted by Gasteiger charge is 2.18. The average Bonchev–Trinajstić information content (AvgIpc) is 2.09. The van der Waals surface area contributed by atoms with Crippen LogP contribution in [0.4, 0.5) is 22.0 Å². The molecule has 0 nitrogen and oxygen atoms in total. The molecule has 0 aliphatic rings. The summed E-state index contributed by atoms with van der Waals surface area (Å²) in [5, 5.41) is 0. The van der Waals surface area contributed by atoms with E-state index < -0.39 is 30.3 Å². The molecule has 0 amide bonds. The molecule has 1 rings (SSSR count). The molecule has 0 atom stereocenters. The Balaban J connectivity index is 3.25. The average molecular weight is 196 g/mol. The molecule has 0 fully saturated rings. The molecule has 0 unspecified atom stereocenters. The fourth-order valence-corrected chi connectivity index (χ4v) is 0.905. The third kappa shape index (κ3) is 1.96. The molecule has 1 aromatic carbocycles. The van der Waals surface area contributed by atoms with Crippen LogP contribution >= 0.6 is 0 Å². The summed E-state index contributed by atoms with van der Waals surface area (Å²) in [6.07, 6.45) is -3.14. The topological polar surface area (TPSA) is 0 Å². The van der Waals surface area contributed by atoms with Crippen molar-refractivity contribution in [1.82, 2.24) is 0 Å². The summed E-state index contributed by atoms with van der Waals surface area (Å²) >= 11 is 0. The van der Waals surface area contributed by atoms with Crippen LogP contribution in [0.15, 0.2) is 12.1 Å². The fraction of sp³-hybridized carbons (Fsp3) is 0.250. The molecule has 0 aromatic heterocycles. The molecule has 5 heteroatoms. The number of rotatable bonds is 2. The zero-order valence-corrected chi connectivity index (χ0v) is 6.33. The highest BCUT2D eigenvalue weighted by molar-refractivity contribution is 5.26. The first-order valence-corrected chi connectivity index (χ1v) is 3.38. The van der Waals surface area contributed by atoms with Gasteiger partial charge in [0.15, 0.2) is 11.6 Å². The normalized spacial score (nSPS) is 10.9. The molecular formula is C8H5F5. The van der Waals surface area contributed by atoms with E-state index >= 15 is 0 Å². The van der Waals surface area contributed by atoms with E-state index in [1.807, 2.05) is 0 Å². The third-order valence-corrected chi connectivity index (χ3v) is 1.51. The van der Waals surface area contributed by atoms with E-state index in [9.17, 15) is 22.0 Å². The second kappa shape index (κ2) is 3.72. The fourth-order valence-electron chi connectivity index (χ4n) is 0.905. The molecule has 0 bridgehead atoms. The van der Waals surface area contributed by atoms with Gasteiger partial charge in [-0.2, -0.15) is 0 Å². The largest absolute Gasteiger partial charge is 0.266 e. The van der Waals surface area contributed by atoms with E-state index in [2.05, 4.69) is 0 Å². The molecule has 0 N–H and O–H groups in total. The Labute approximate surface area is 71.0 Å². The van der Waals surface area contributed by atoms with Crippen LogP contribution in [0.1, 0.15) is 17.6 Å². The first-order chi connectivity index (χ1) is 6.06. The van der Waals surface area contributed by atoms with Gasteiger partial charge in [0.1, 0.15) is 6.67 Å². The van der Waals surface area contributed by atoms with Gasteiger partial charge in [-0.3, -0.25) is 0 Å². The predicted molar refractivity (Wildman–Crippen MR) is 36.1 cm³/mol. The highest BCUT2D eigenvalue weighted by atomic mass is 19.3. The standard InChI is InChI=1S/C8H5F5/c9-3-4-1-5(8(12)13)7(11)6(10)2-4/h1-2,8H,3H2. The maximum atomic E-state index is 12.6. The molecule has 0 spiro atoms. The summed E-state index contributed by atoms with van der Waals surface area (Å²) in [5.74, 6) is -3.07. The monoisotopic (exact) mass is 196 g/mol. The van der Waals surface area contributed by atoms with Gasteiger partial charge in [0.05, 0.1) is 5.56 Å². The Morgan fingerprint density at radius 1 is 1.15 bits per heavy atom. The van der Waals surface area contributed by atoms with Crippen molar-refractivity contribution in [2.24, 2.45) is 0 Å². The lowest BCUT2D eigenvalue weighted by molar-refractivity contribution is 0.145. The quantitative estimate of drug-likeness (QED) is 0.636. The van der Waals surface area contributed by atoms with Crippen molar-refractivity contribution >= 4 is 0 Å². The van der Waals surface area contributed by atoms with Gasteiger partial charge >= 0.3 is 0 Å². The summed E-state index contributed by atoms with van der Waals surface area (Å²) < 4.78 is 61.0. The molecule has 0 aliphatic heterocycles. The molecule has 13 heavy (non-hydrogen) atoms. The van der Waals surface area contributed by atoms with Crippen LogP contribution in [0.2, 0.25) is 0 Å². The number of hydrogen-bond donors (Lipinski definition) is 0. The summed E-state index contributed by atoms with van der Waals surface area (Å²) in [5.41, 5.74) is -1.40. The van der Waals surface area contributed by atoms with E-state index in [-0.39, 0.29) is 5.56 Å². The molecule has 0 saturated heterocycles. The Bertz CT molecular complexity index is 308. The van der Waals surface area contributed by atoms with Crippen molar-refractivity contribution in [3.05, 3.63) is 34.9 Å². The lowest BCUT2D eigenvalue weighted by Crippen LogP contribution is -1.97. The zero-order chi connectivity index (χ0) is 10.0. The van der Waals surface area contributed by atoms with Crippen LogP contribution in [-0.2, 0) is 6.67 Å². The minimum Gasteiger partial charge on any atom is -0.246 e. The van der Waals surface area contributed by atoms with Gasteiger partial charge in [0, 0.05) is 0 Å². The third-order valence-electron chi connectivity index (χ3n) is 1.51. The smallest absolute Gasteiger partial charge is 0.246 e. The molecule has 0 heterocycles. The van der Waals surface area contributed by atoms with E-state index in [1.165, 1.54) is 0 Å². The minimum atomic E-state index is -3.14. The Morgan fingerprint density at radius 2 is 1.77 bits per heavy atom. The van der Waals surface area contributed by atoms with E-state index in [0.29, 0.717) is 12.1 Å². The maximum Gasteiger partial charge on any atom is 0.266 e.